The van der Waals surface area contributed by atoms with Crippen LogP contribution in [-0.4, -0.2) is 38.5 Å². The maximum atomic E-state index is 5.98. The van der Waals surface area contributed by atoms with Crippen molar-refractivity contribution in [3.8, 4) is 23.0 Å². The molecule has 1 N–H and O–H groups in total. The highest BCUT2D eigenvalue weighted by Crippen LogP contribution is 2.34. The zero-order valence-corrected chi connectivity index (χ0v) is 16.2. The lowest BCUT2D eigenvalue weighted by atomic mass is 10.1. The molecule has 2 heterocycles. The molecule has 0 aromatic heterocycles. The Bertz CT molecular complexity index is 781. The van der Waals surface area contributed by atoms with Gasteiger partial charge in [0.1, 0.15) is 12.7 Å². The van der Waals surface area contributed by atoms with E-state index in [4.69, 9.17) is 24.0 Å². The highest BCUT2D eigenvalue weighted by atomic mass is 17.2. The molecule has 0 amide bonds. The van der Waals surface area contributed by atoms with Crippen molar-refractivity contribution in [3.63, 3.8) is 0 Å². The first kappa shape index (κ1) is 18.9. The van der Waals surface area contributed by atoms with Crippen molar-refractivity contribution in [2.45, 2.75) is 38.3 Å². The Morgan fingerprint density at radius 2 is 2.04 bits per heavy atom. The molecule has 2 aromatic rings. The summed E-state index contributed by atoms with van der Waals surface area (Å²) in [6, 6.07) is 14.1. The van der Waals surface area contributed by atoms with Crippen LogP contribution in [0.2, 0.25) is 0 Å². The van der Waals surface area contributed by atoms with E-state index in [1.807, 2.05) is 36.4 Å². The third-order valence-corrected chi connectivity index (χ3v) is 4.95. The van der Waals surface area contributed by atoms with E-state index in [1.54, 1.807) is 0 Å². The number of hydrogen-bond acceptors (Lipinski definition) is 6. The molecule has 0 fully saturated rings. The Balaban J connectivity index is 1.21. The second-order valence-electron chi connectivity index (χ2n) is 7.20. The normalized spacial score (nSPS) is 19.1. The standard InChI is InChI=1S/C22H27NO5/c1-16(23-14-18-15-25-19-8-2-3-9-20(19)27-18)11-13-24-21-10-4-6-17-7-5-12-26-28-22(17)21/h2-4,6,8-10,16,18,23H,5,7,11-15H2,1H3. The van der Waals surface area contributed by atoms with Crippen molar-refractivity contribution < 1.29 is 24.0 Å². The van der Waals surface area contributed by atoms with Gasteiger partial charge in [0.25, 0.3) is 0 Å². The first-order valence-corrected chi connectivity index (χ1v) is 9.95. The largest absolute Gasteiger partial charge is 0.489 e. The molecular formula is C22H27NO5. The summed E-state index contributed by atoms with van der Waals surface area (Å²) in [6.07, 6.45) is 2.77. The van der Waals surface area contributed by atoms with Gasteiger partial charge in [-0.15, -0.1) is 0 Å². The maximum absolute atomic E-state index is 5.98. The first-order valence-electron chi connectivity index (χ1n) is 9.95. The van der Waals surface area contributed by atoms with Crippen LogP contribution in [0.25, 0.3) is 0 Å². The molecule has 0 saturated carbocycles. The third-order valence-electron chi connectivity index (χ3n) is 4.95. The topological polar surface area (TPSA) is 58.2 Å². The molecule has 0 radical (unpaired) electrons. The molecule has 150 valence electrons. The quantitative estimate of drug-likeness (QED) is 0.736. The Morgan fingerprint density at radius 1 is 1.14 bits per heavy atom. The molecule has 0 saturated heterocycles. The van der Waals surface area contributed by atoms with Crippen molar-refractivity contribution >= 4 is 0 Å². The molecule has 2 aliphatic heterocycles. The van der Waals surface area contributed by atoms with Gasteiger partial charge < -0.3 is 24.4 Å². The molecule has 6 heteroatoms. The van der Waals surface area contributed by atoms with Crippen LogP contribution in [0.4, 0.5) is 0 Å². The number of para-hydroxylation sites is 3. The van der Waals surface area contributed by atoms with Crippen LogP contribution in [0, 0.1) is 0 Å². The zero-order valence-electron chi connectivity index (χ0n) is 16.2. The van der Waals surface area contributed by atoms with E-state index in [9.17, 15) is 0 Å². The highest BCUT2D eigenvalue weighted by Gasteiger charge is 2.21. The van der Waals surface area contributed by atoms with Crippen LogP contribution in [0.15, 0.2) is 42.5 Å². The molecule has 2 atom stereocenters. The maximum Gasteiger partial charge on any atom is 0.210 e. The van der Waals surface area contributed by atoms with Crippen LogP contribution >= 0.6 is 0 Å². The molecule has 2 aliphatic rings. The Labute approximate surface area is 165 Å². The van der Waals surface area contributed by atoms with Gasteiger partial charge in [-0.25, -0.2) is 0 Å². The van der Waals surface area contributed by atoms with Gasteiger partial charge in [0, 0.05) is 18.2 Å². The second-order valence-corrected chi connectivity index (χ2v) is 7.20. The summed E-state index contributed by atoms with van der Waals surface area (Å²) in [5.41, 5.74) is 1.14. The molecule has 0 bridgehead atoms. The highest BCUT2D eigenvalue weighted by molar-refractivity contribution is 5.46. The van der Waals surface area contributed by atoms with E-state index in [2.05, 4.69) is 18.3 Å². The van der Waals surface area contributed by atoms with E-state index >= 15 is 0 Å². The summed E-state index contributed by atoms with van der Waals surface area (Å²) in [5, 5.41) is 3.50. The fourth-order valence-electron chi connectivity index (χ4n) is 3.33. The van der Waals surface area contributed by atoms with Gasteiger partial charge in [0.2, 0.25) is 5.75 Å². The summed E-state index contributed by atoms with van der Waals surface area (Å²) < 4.78 is 17.7. The number of nitrogens with one attached hydrogen (secondary N) is 1. The van der Waals surface area contributed by atoms with E-state index in [0.717, 1.165) is 48.6 Å². The summed E-state index contributed by atoms with van der Waals surface area (Å²) in [4.78, 5) is 10.6. The minimum atomic E-state index is 0.00806. The average Bonchev–Trinajstić information content (AvgIpc) is 2.98. The van der Waals surface area contributed by atoms with Crippen LogP contribution in [-0.2, 0) is 11.3 Å². The van der Waals surface area contributed by atoms with Gasteiger partial charge in [-0.1, -0.05) is 24.3 Å². The molecule has 0 aliphatic carbocycles. The van der Waals surface area contributed by atoms with Gasteiger partial charge in [0.15, 0.2) is 17.2 Å². The van der Waals surface area contributed by atoms with Crippen LogP contribution in [0.1, 0.15) is 25.3 Å². The molecule has 2 aromatic carbocycles. The Hall–Kier alpha value is -2.44. The third kappa shape index (κ3) is 4.69. The number of ether oxygens (including phenoxy) is 3. The molecule has 6 nitrogen and oxygen atoms in total. The van der Waals surface area contributed by atoms with Gasteiger partial charge in [-0.05, 0) is 44.4 Å². The van der Waals surface area contributed by atoms with Crippen molar-refractivity contribution in [3.05, 3.63) is 48.0 Å². The molecule has 0 spiro atoms. The number of fused-ring (bicyclic) bond motifs is 2. The monoisotopic (exact) mass is 385 g/mol. The molecular weight excluding hydrogens is 358 g/mol. The van der Waals surface area contributed by atoms with E-state index in [0.29, 0.717) is 31.6 Å². The minimum Gasteiger partial charge on any atom is -0.489 e. The summed E-state index contributed by atoms with van der Waals surface area (Å²) in [7, 11) is 0. The number of benzene rings is 2. The smallest absolute Gasteiger partial charge is 0.210 e. The van der Waals surface area contributed by atoms with E-state index < -0.39 is 0 Å². The number of rotatable bonds is 7. The Morgan fingerprint density at radius 3 is 2.96 bits per heavy atom. The zero-order chi connectivity index (χ0) is 19.2. The lowest BCUT2D eigenvalue weighted by Crippen LogP contribution is -2.41. The predicted molar refractivity (Wildman–Crippen MR) is 105 cm³/mol. The fraction of sp³-hybridized carbons (Fsp3) is 0.455. The van der Waals surface area contributed by atoms with Crippen molar-refractivity contribution in [1.29, 1.82) is 0 Å². The average molecular weight is 385 g/mol. The lowest BCUT2D eigenvalue weighted by Gasteiger charge is -2.27. The lowest BCUT2D eigenvalue weighted by molar-refractivity contribution is -0.204. The SMILES string of the molecule is CC(CCOc1cccc2c1OOCCC2)NCC1COc2ccccc2O1. The van der Waals surface area contributed by atoms with Gasteiger partial charge in [-0.2, -0.15) is 4.89 Å². The summed E-state index contributed by atoms with van der Waals surface area (Å²) in [6.45, 7) is 4.63. The number of hydrogen-bond donors (Lipinski definition) is 1. The molecule has 2 unspecified atom stereocenters. The van der Waals surface area contributed by atoms with E-state index in [-0.39, 0.29) is 6.10 Å². The van der Waals surface area contributed by atoms with Crippen molar-refractivity contribution in [2.75, 3.05) is 26.4 Å². The fourth-order valence-corrected chi connectivity index (χ4v) is 3.33. The van der Waals surface area contributed by atoms with Crippen LogP contribution < -0.4 is 24.4 Å². The summed E-state index contributed by atoms with van der Waals surface area (Å²) >= 11 is 0. The van der Waals surface area contributed by atoms with Crippen LogP contribution in [0.5, 0.6) is 23.0 Å². The second kappa shape index (κ2) is 9.17. The van der Waals surface area contributed by atoms with Gasteiger partial charge in [-0.3, -0.25) is 0 Å². The summed E-state index contributed by atoms with van der Waals surface area (Å²) in [5.74, 6) is 3.08. The Kier molecular flexibility index (Phi) is 6.19. The van der Waals surface area contributed by atoms with Crippen LogP contribution in [0.3, 0.4) is 0 Å². The molecule has 4 rings (SSSR count). The van der Waals surface area contributed by atoms with Gasteiger partial charge in [0.05, 0.1) is 13.2 Å². The minimum absolute atomic E-state index is 0.00806. The first-order chi connectivity index (χ1) is 13.8. The van der Waals surface area contributed by atoms with Crippen molar-refractivity contribution in [2.24, 2.45) is 0 Å². The molecule has 28 heavy (non-hydrogen) atoms. The van der Waals surface area contributed by atoms with Crippen molar-refractivity contribution in [1.82, 2.24) is 5.32 Å². The van der Waals surface area contributed by atoms with Gasteiger partial charge >= 0.3 is 0 Å². The number of aryl methyl sites for hydroxylation is 1. The predicted octanol–water partition coefficient (Wildman–Crippen LogP) is 3.53. The van der Waals surface area contributed by atoms with E-state index in [1.165, 1.54) is 0 Å².